The number of fused-ring (bicyclic) bond motifs is 2. The van der Waals surface area contributed by atoms with E-state index in [4.69, 9.17) is 9.72 Å². The fraction of sp³-hybridized carbons (Fsp3) is 0.414. The van der Waals surface area contributed by atoms with E-state index in [0.29, 0.717) is 36.5 Å². The molecule has 3 aromatic heterocycles. The summed E-state index contributed by atoms with van der Waals surface area (Å²) < 4.78 is 32.8. The van der Waals surface area contributed by atoms with Gasteiger partial charge in [-0.1, -0.05) is 6.07 Å². The molecule has 0 spiro atoms. The van der Waals surface area contributed by atoms with Crippen molar-refractivity contribution in [3.8, 4) is 5.75 Å². The second-order valence-corrected chi connectivity index (χ2v) is 10.3. The zero-order chi connectivity index (χ0) is 29.3. The number of unbranched alkanes of at least 4 members (excludes halogenated alkanes) is 1. The van der Waals surface area contributed by atoms with Crippen molar-refractivity contribution in [2.45, 2.75) is 44.6 Å². The number of ether oxygens (including phenoxy) is 1. The first-order valence-corrected chi connectivity index (χ1v) is 14.1. The van der Waals surface area contributed by atoms with Crippen molar-refractivity contribution >= 4 is 28.6 Å². The normalized spacial score (nSPS) is 13.5. The van der Waals surface area contributed by atoms with Crippen LogP contribution in [0.15, 0.2) is 42.9 Å². The number of rotatable bonds is 15. The Balaban J connectivity index is 1.18. The molecule has 42 heavy (non-hydrogen) atoms. The molecule has 0 fully saturated rings. The Labute approximate surface area is 241 Å². The van der Waals surface area contributed by atoms with Gasteiger partial charge in [0.25, 0.3) is 0 Å². The number of aromatic amines is 1. The van der Waals surface area contributed by atoms with E-state index in [0.717, 1.165) is 68.4 Å². The number of aromatic nitrogens is 5. The number of nitrogens with zero attached hydrogens (tertiary/aromatic N) is 5. The van der Waals surface area contributed by atoms with E-state index >= 15 is 0 Å². The molecule has 0 amide bonds. The number of benzene rings is 1. The molecule has 1 aliphatic rings. The van der Waals surface area contributed by atoms with Gasteiger partial charge in [-0.15, -0.1) is 0 Å². The molecule has 1 aliphatic heterocycles. The molecule has 4 heterocycles. The molecule has 11 nitrogen and oxygen atoms in total. The minimum Gasteiger partial charge on any atom is -0.492 e. The number of hydrogen-bond acceptors (Lipinski definition) is 9. The average Bonchev–Trinajstić information content (AvgIpc) is 3.46. The van der Waals surface area contributed by atoms with E-state index in [1.165, 1.54) is 11.9 Å². The number of carbonyl (C=O) groups is 1. The molecule has 1 atom stereocenters. The summed E-state index contributed by atoms with van der Waals surface area (Å²) in [4.78, 5) is 27.3. The molecule has 4 N–H and O–H groups in total. The largest absolute Gasteiger partial charge is 0.492 e. The standard InChI is InChI=1S/C29H34F2N8O3/c30-20-14-21(31)16-23(15-20)42-13-12-39(10-2-1-5-22-7-6-19-4-3-9-32-27(19)36-22)11-8-24(29(40)41)37-28-26-25(17-35-38-26)33-18-34-28/h6-7,14-18,24H,1-5,8-13H2,(H,32,36)(H,35,38)(H,40,41)(H,33,34,37). The van der Waals surface area contributed by atoms with Gasteiger partial charge >= 0.3 is 5.97 Å². The molecule has 5 rings (SSSR count). The van der Waals surface area contributed by atoms with Crippen molar-refractivity contribution in [2.24, 2.45) is 0 Å². The van der Waals surface area contributed by atoms with Crippen LogP contribution < -0.4 is 15.4 Å². The lowest BCUT2D eigenvalue weighted by Gasteiger charge is -2.25. The summed E-state index contributed by atoms with van der Waals surface area (Å²) in [5.41, 5.74) is 3.40. The minimum atomic E-state index is -1.01. The van der Waals surface area contributed by atoms with Crippen LogP contribution in [0.4, 0.5) is 20.4 Å². The molecule has 1 aromatic carbocycles. The van der Waals surface area contributed by atoms with Crippen molar-refractivity contribution in [1.29, 1.82) is 0 Å². The molecular formula is C29H34F2N8O3. The van der Waals surface area contributed by atoms with Gasteiger partial charge in [0.1, 0.15) is 53.2 Å². The van der Waals surface area contributed by atoms with Crippen molar-refractivity contribution in [2.75, 3.05) is 43.4 Å². The first kappa shape index (κ1) is 29.1. The molecule has 0 saturated heterocycles. The Bertz CT molecular complexity index is 1480. The maximum absolute atomic E-state index is 13.6. The van der Waals surface area contributed by atoms with Gasteiger partial charge in [0.05, 0.1) is 6.20 Å². The predicted molar refractivity (Wildman–Crippen MR) is 154 cm³/mol. The van der Waals surface area contributed by atoms with E-state index in [-0.39, 0.29) is 18.8 Å². The quantitative estimate of drug-likeness (QED) is 0.152. The fourth-order valence-electron chi connectivity index (χ4n) is 5.00. The molecule has 0 radical (unpaired) electrons. The van der Waals surface area contributed by atoms with Gasteiger partial charge < -0.3 is 20.5 Å². The van der Waals surface area contributed by atoms with Gasteiger partial charge in [0.15, 0.2) is 5.82 Å². The summed E-state index contributed by atoms with van der Waals surface area (Å²) in [5.74, 6) is -0.982. The smallest absolute Gasteiger partial charge is 0.326 e. The zero-order valence-electron chi connectivity index (χ0n) is 23.2. The zero-order valence-corrected chi connectivity index (χ0v) is 23.2. The van der Waals surface area contributed by atoms with Crippen LogP contribution >= 0.6 is 0 Å². The second-order valence-electron chi connectivity index (χ2n) is 10.3. The number of H-pyrrole nitrogens is 1. The number of aliphatic carboxylic acids is 1. The van der Waals surface area contributed by atoms with E-state index < -0.39 is 23.6 Å². The van der Waals surface area contributed by atoms with Gasteiger partial charge in [-0.2, -0.15) is 5.10 Å². The molecule has 0 saturated carbocycles. The number of pyridine rings is 1. The monoisotopic (exact) mass is 580 g/mol. The van der Waals surface area contributed by atoms with Crippen molar-refractivity contribution in [3.05, 3.63) is 65.7 Å². The van der Waals surface area contributed by atoms with Gasteiger partial charge in [0, 0.05) is 43.5 Å². The fourth-order valence-corrected chi connectivity index (χ4v) is 5.00. The number of anilines is 2. The molecule has 13 heteroatoms. The Kier molecular flexibility index (Phi) is 9.70. The van der Waals surface area contributed by atoms with Crippen molar-refractivity contribution in [1.82, 2.24) is 30.0 Å². The summed E-state index contributed by atoms with van der Waals surface area (Å²) in [6.45, 7) is 2.72. The van der Waals surface area contributed by atoms with Gasteiger partial charge in [-0.25, -0.2) is 28.5 Å². The van der Waals surface area contributed by atoms with Crippen LogP contribution in [0, 0.1) is 11.6 Å². The Morgan fingerprint density at radius 2 is 1.98 bits per heavy atom. The van der Waals surface area contributed by atoms with Crippen LogP contribution in [0.5, 0.6) is 5.75 Å². The molecule has 4 aromatic rings. The second kappa shape index (κ2) is 14.0. The lowest BCUT2D eigenvalue weighted by Crippen LogP contribution is -2.37. The Morgan fingerprint density at radius 1 is 1.12 bits per heavy atom. The van der Waals surface area contributed by atoms with Gasteiger partial charge in [-0.05, 0) is 56.7 Å². The number of carboxylic acids is 1. The Morgan fingerprint density at radius 3 is 2.81 bits per heavy atom. The number of aryl methyl sites for hydroxylation is 2. The highest BCUT2D eigenvalue weighted by atomic mass is 19.1. The average molecular weight is 581 g/mol. The third-order valence-electron chi connectivity index (χ3n) is 7.20. The SMILES string of the molecule is O=C(O)C(CCN(CCCCc1ccc2c(n1)NCCC2)CCOc1cc(F)cc(F)c1)Nc1ncnc2cn[nH]c12. The molecule has 222 valence electrons. The highest BCUT2D eigenvalue weighted by molar-refractivity contribution is 5.87. The van der Waals surface area contributed by atoms with Crippen LogP contribution in [0.25, 0.3) is 11.0 Å². The topological polar surface area (TPSA) is 141 Å². The lowest BCUT2D eigenvalue weighted by atomic mass is 10.1. The highest BCUT2D eigenvalue weighted by Gasteiger charge is 2.21. The summed E-state index contributed by atoms with van der Waals surface area (Å²) in [5, 5.41) is 23.0. The van der Waals surface area contributed by atoms with E-state index in [2.05, 4.69) is 47.8 Å². The van der Waals surface area contributed by atoms with Crippen LogP contribution in [0.3, 0.4) is 0 Å². The third-order valence-corrected chi connectivity index (χ3v) is 7.20. The highest BCUT2D eigenvalue weighted by Crippen LogP contribution is 2.21. The lowest BCUT2D eigenvalue weighted by molar-refractivity contribution is -0.138. The third kappa shape index (κ3) is 7.87. The Hall–Kier alpha value is -4.39. The van der Waals surface area contributed by atoms with Crippen LogP contribution in [0.1, 0.15) is 36.9 Å². The maximum Gasteiger partial charge on any atom is 0.326 e. The van der Waals surface area contributed by atoms with Crippen molar-refractivity contribution in [3.63, 3.8) is 0 Å². The minimum absolute atomic E-state index is 0.108. The summed E-state index contributed by atoms with van der Waals surface area (Å²) >= 11 is 0. The van der Waals surface area contributed by atoms with E-state index in [1.807, 2.05) is 0 Å². The molecular weight excluding hydrogens is 546 g/mol. The first-order valence-electron chi connectivity index (χ1n) is 14.1. The van der Waals surface area contributed by atoms with Gasteiger partial charge in [-0.3, -0.25) is 10.00 Å². The summed E-state index contributed by atoms with van der Waals surface area (Å²) in [6.07, 6.45) is 7.92. The van der Waals surface area contributed by atoms with E-state index in [9.17, 15) is 18.7 Å². The van der Waals surface area contributed by atoms with Gasteiger partial charge in [0.2, 0.25) is 0 Å². The van der Waals surface area contributed by atoms with Crippen LogP contribution in [-0.2, 0) is 17.6 Å². The van der Waals surface area contributed by atoms with Crippen molar-refractivity contribution < 1.29 is 23.4 Å². The molecule has 0 aliphatic carbocycles. The number of nitrogens with one attached hydrogen (secondary N) is 3. The molecule has 0 bridgehead atoms. The predicted octanol–water partition coefficient (Wildman–Crippen LogP) is 4.04. The molecule has 1 unspecified atom stereocenters. The summed E-state index contributed by atoms with van der Waals surface area (Å²) in [6, 6.07) is 6.38. The number of hydrogen-bond donors (Lipinski definition) is 4. The maximum atomic E-state index is 13.6. The summed E-state index contributed by atoms with van der Waals surface area (Å²) in [7, 11) is 0. The first-order chi connectivity index (χ1) is 20.4. The van der Waals surface area contributed by atoms with Crippen LogP contribution in [-0.4, -0.2) is 80.0 Å². The number of halogens is 2. The van der Waals surface area contributed by atoms with E-state index in [1.54, 1.807) is 6.20 Å². The van der Waals surface area contributed by atoms with Crippen LogP contribution in [0.2, 0.25) is 0 Å². The number of carboxylic acid groups (broad SMARTS) is 1.